The fraction of sp³-hybridized carbons (Fsp3) is 0.750. The highest BCUT2D eigenvalue weighted by Crippen LogP contribution is 2.04. The van der Waals surface area contributed by atoms with Gasteiger partial charge in [0.05, 0.1) is 0 Å². The second-order valence-corrected chi connectivity index (χ2v) is 4.85. The molecule has 1 fully saturated rings. The molecule has 1 atom stereocenters. The summed E-state index contributed by atoms with van der Waals surface area (Å²) in [6.45, 7) is 3.53. The van der Waals surface area contributed by atoms with Gasteiger partial charge in [-0.3, -0.25) is 9.59 Å². The normalized spacial score (nSPS) is 17.3. The number of carbonyl (C=O) groups excluding carboxylic acids is 2. The van der Waals surface area contributed by atoms with Gasteiger partial charge in [0.2, 0.25) is 5.91 Å². The lowest BCUT2D eigenvalue weighted by molar-refractivity contribution is -0.137. The van der Waals surface area contributed by atoms with E-state index in [1.54, 1.807) is 0 Å². The van der Waals surface area contributed by atoms with E-state index in [0.29, 0.717) is 26.1 Å². The zero-order chi connectivity index (χ0) is 14.3. The SMILES string of the molecule is CC(CCC(=O)O)CNC(=O)N1CCCNC(=O)C1. The number of amides is 3. The van der Waals surface area contributed by atoms with Gasteiger partial charge in [0.15, 0.2) is 0 Å². The van der Waals surface area contributed by atoms with Crippen LogP contribution in [0, 0.1) is 5.92 Å². The maximum Gasteiger partial charge on any atom is 0.317 e. The van der Waals surface area contributed by atoms with Gasteiger partial charge in [-0.15, -0.1) is 0 Å². The first-order chi connectivity index (χ1) is 8.99. The van der Waals surface area contributed by atoms with Crippen LogP contribution in [0.25, 0.3) is 0 Å². The van der Waals surface area contributed by atoms with Crippen molar-refractivity contribution in [2.75, 3.05) is 26.2 Å². The van der Waals surface area contributed by atoms with Crippen molar-refractivity contribution in [3.05, 3.63) is 0 Å². The van der Waals surface area contributed by atoms with Crippen molar-refractivity contribution in [3.63, 3.8) is 0 Å². The van der Waals surface area contributed by atoms with Crippen molar-refractivity contribution in [2.24, 2.45) is 5.92 Å². The number of carbonyl (C=O) groups is 3. The van der Waals surface area contributed by atoms with Crippen LogP contribution in [-0.2, 0) is 9.59 Å². The van der Waals surface area contributed by atoms with E-state index >= 15 is 0 Å². The Labute approximate surface area is 112 Å². The quantitative estimate of drug-likeness (QED) is 0.656. The van der Waals surface area contributed by atoms with Crippen LogP contribution in [-0.4, -0.2) is 54.1 Å². The lowest BCUT2D eigenvalue weighted by Crippen LogP contribution is -2.44. The molecular weight excluding hydrogens is 250 g/mol. The van der Waals surface area contributed by atoms with E-state index in [2.05, 4.69) is 10.6 Å². The predicted octanol–water partition coefficient (Wildman–Crippen LogP) is 0.0188. The van der Waals surface area contributed by atoms with Gasteiger partial charge in [-0.1, -0.05) is 6.92 Å². The van der Waals surface area contributed by atoms with Crippen LogP contribution in [0.1, 0.15) is 26.2 Å². The van der Waals surface area contributed by atoms with E-state index < -0.39 is 5.97 Å². The average molecular weight is 271 g/mol. The minimum Gasteiger partial charge on any atom is -0.481 e. The number of carboxylic acid groups (broad SMARTS) is 1. The van der Waals surface area contributed by atoms with Gasteiger partial charge < -0.3 is 20.6 Å². The number of nitrogens with one attached hydrogen (secondary N) is 2. The van der Waals surface area contributed by atoms with Gasteiger partial charge in [0.25, 0.3) is 0 Å². The maximum atomic E-state index is 11.9. The average Bonchev–Trinajstić information content (AvgIpc) is 2.58. The molecule has 19 heavy (non-hydrogen) atoms. The molecule has 1 aliphatic heterocycles. The molecule has 1 rings (SSSR count). The lowest BCUT2D eigenvalue weighted by atomic mass is 10.1. The first-order valence-electron chi connectivity index (χ1n) is 6.50. The number of hydrogen-bond acceptors (Lipinski definition) is 3. The lowest BCUT2D eigenvalue weighted by Gasteiger charge is -2.21. The number of hydrogen-bond donors (Lipinski definition) is 3. The highest BCUT2D eigenvalue weighted by molar-refractivity contribution is 5.84. The fourth-order valence-electron chi connectivity index (χ4n) is 1.82. The Morgan fingerprint density at radius 2 is 2.26 bits per heavy atom. The van der Waals surface area contributed by atoms with Crippen molar-refractivity contribution < 1.29 is 19.5 Å². The van der Waals surface area contributed by atoms with Crippen molar-refractivity contribution in [1.82, 2.24) is 15.5 Å². The van der Waals surface area contributed by atoms with E-state index in [0.717, 1.165) is 6.42 Å². The Hall–Kier alpha value is -1.79. The van der Waals surface area contributed by atoms with Crippen LogP contribution >= 0.6 is 0 Å². The summed E-state index contributed by atoms with van der Waals surface area (Å²) in [7, 11) is 0. The van der Waals surface area contributed by atoms with Gasteiger partial charge in [-0.2, -0.15) is 0 Å². The summed E-state index contributed by atoms with van der Waals surface area (Å²) in [4.78, 5) is 35.1. The molecule has 1 unspecified atom stereocenters. The molecule has 7 heteroatoms. The van der Waals surface area contributed by atoms with Crippen LogP contribution in [0.15, 0.2) is 0 Å². The molecule has 3 amide bonds. The van der Waals surface area contributed by atoms with Gasteiger partial charge in [0.1, 0.15) is 6.54 Å². The third-order valence-corrected chi connectivity index (χ3v) is 3.00. The molecule has 1 aliphatic rings. The Morgan fingerprint density at radius 1 is 1.53 bits per heavy atom. The molecule has 0 aromatic carbocycles. The number of urea groups is 1. The summed E-state index contributed by atoms with van der Waals surface area (Å²) in [6, 6.07) is -0.265. The highest BCUT2D eigenvalue weighted by Gasteiger charge is 2.19. The van der Waals surface area contributed by atoms with Gasteiger partial charge in [-0.25, -0.2) is 4.79 Å². The monoisotopic (exact) mass is 271 g/mol. The molecular formula is C12H21N3O4. The first-order valence-corrected chi connectivity index (χ1v) is 6.50. The second-order valence-electron chi connectivity index (χ2n) is 4.85. The standard InChI is InChI=1S/C12H21N3O4/c1-9(3-4-11(17)18)7-14-12(19)15-6-2-5-13-10(16)8-15/h9H,2-8H2,1H3,(H,13,16)(H,14,19)(H,17,18). The molecule has 7 nitrogen and oxygen atoms in total. The van der Waals surface area contributed by atoms with Crippen LogP contribution in [0.5, 0.6) is 0 Å². The zero-order valence-corrected chi connectivity index (χ0v) is 11.1. The van der Waals surface area contributed by atoms with Crippen molar-refractivity contribution in [1.29, 1.82) is 0 Å². The molecule has 0 aliphatic carbocycles. The zero-order valence-electron chi connectivity index (χ0n) is 11.1. The van der Waals surface area contributed by atoms with Crippen molar-refractivity contribution >= 4 is 17.9 Å². The molecule has 0 aromatic rings. The van der Waals surface area contributed by atoms with E-state index in [1.807, 2.05) is 6.92 Å². The molecule has 0 radical (unpaired) electrons. The Kier molecular flexibility index (Phi) is 6.11. The molecule has 3 N–H and O–H groups in total. The number of nitrogens with zero attached hydrogens (tertiary/aromatic N) is 1. The second kappa shape index (κ2) is 7.60. The van der Waals surface area contributed by atoms with Gasteiger partial charge in [0, 0.05) is 26.1 Å². The predicted molar refractivity (Wildman–Crippen MR) is 68.6 cm³/mol. The van der Waals surface area contributed by atoms with E-state index in [4.69, 9.17) is 5.11 Å². The third-order valence-electron chi connectivity index (χ3n) is 3.00. The number of aliphatic carboxylic acids is 1. The minimum absolute atomic E-state index is 0.0787. The number of carboxylic acids is 1. The molecule has 1 saturated heterocycles. The van der Waals surface area contributed by atoms with Crippen molar-refractivity contribution in [3.8, 4) is 0 Å². The van der Waals surface area contributed by atoms with Gasteiger partial charge in [-0.05, 0) is 18.8 Å². The summed E-state index contributed by atoms with van der Waals surface area (Å²) in [6.07, 6.45) is 1.37. The molecule has 108 valence electrons. The maximum absolute atomic E-state index is 11.9. The van der Waals surface area contributed by atoms with E-state index in [1.165, 1.54) is 4.90 Å². The molecule has 0 aromatic heterocycles. The summed E-state index contributed by atoms with van der Waals surface area (Å²) in [5.74, 6) is -0.880. The topological polar surface area (TPSA) is 98.7 Å². The van der Waals surface area contributed by atoms with Crippen molar-refractivity contribution in [2.45, 2.75) is 26.2 Å². The molecule has 0 spiro atoms. The Bertz CT molecular complexity index is 346. The highest BCUT2D eigenvalue weighted by atomic mass is 16.4. The minimum atomic E-state index is -0.831. The summed E-state index contributed by atoms with van der Waals surface area (Å²) in [5.41, 5.74) is 0. The van der Waals surface area contributed by atoms with E-state index in [9.17, 15) is 14.4 Å². The summed E-state index contributed by atoms with van der Waals surface area (Å²) < 4.78 is 0. The molecule has 0 saturated carbocycles. The number of rotatable bonds is 5. The largest absolute Gasteiger partial charge is 0.481 e. The van der Waals surface area contributed by atoms with Gasteiger partial charge >= 0.3 is 12.0 Å². The summed E-state index contributed by atoms with van der Waals surface area (Å²) in [5, 5.41) is 14.0. The fourth-order valence-corrected chi connectivity index (χ4v) is 1.82. The summed E-state index contributed by atoms with van der Waals surface area (Å²) >= 11 is 0. The van der Waals surface area contributed by atoms with Crippen LogP contribution in [0.2, 0.25) is 0 Å². The Balaban J connectivity index is 2.29. The molecule has 0 bridgehead atoms. The van der Waals surface area contributed by atoms with E-state index in [-0.39, 0.29) is 30.8 Å². The first kappa shape index (κ1) is 15.3. The Morgan fingerprint density at radius 3 is 2.95 bits per heavy atom. The molecule has 1 heterocycles. The third kappa shape index (κ3) is 6.08. The smallest absolute Gasteiger partial charge is 0.317 e. The van der Waals surface area contributed by atoms with Crippen LogP contribution in [0.4, 0.5) is 4.79 Å². The van der Waals surface area contributed by atoms with Crippen LogP contribution < -0.4 is 10.6 Å². The van der Waals surface area contributed by atoms with Crippen LogP contribution in [0.3, 0.4) is 0 Å².